The molecule has 9 nitrogen and oxygen atoms in total. The summed E-state index contributed by atoms with van der Waals surface area (Å²) in [6.45, 7) is 2.17. The van der Waals surface area contributed by atoms with Crippen molar-refractivity contribution >= 4 is 44.9 Å². The number of aromatic carboxylic acids is 1. The van der Waals surface area contributed by atoms with Crippen molar-refractivity contribution in [2.75, 3.05) is 13.2 Å². The number of carbonyl (C=O) groups excluding carboxylic acids is 1. The monoisotopic (exact) mass is 577 g/mol. The van der Waals surface area contributed by atoms with Crippen molar-refractivity contribution in [1.82, 2.24) is 10.4 Å². The highest BCUT2D eigenvalue weighted by molar-refractivity contribution is 9.10. The van der Waals surface area contributed by atoms with Gasteiger partial charge in [0.15, 0.2) is 18.1 Å². The molecule has 38 heavy (non-hydrogen) atoms. The van der Waals surface area contributed by atoms with Crippen LogP contribution < -0.4 is 19.6 Å². The third kappa shape index (κ3) is 6.86. The van der Waals surface area contributed by atoms with E-state index >= 15 is 0 Å². The van der Waals surface area contributed by atoms with Crippen LogP contribution in [0.4, 0.5) is 0 Å². The average molecular weight is 578 g/mol. The fourth-order valence-corrected chi connectivity index (χ4v) is 4.14. The van der Waals surface area contributed by atoms with Gasteiger partial charge in [-0.1, -0.05) is 30.3 Å². The summed E-state index contributed by atoms with van der Waals surface area (Å²) in [6, 6.07) is 19.3. The molecule has 0 aliphatic heterocycles. The van der Waals surface area contributed by atoms with Crippen molar-refractivity contribution in [3.8, 4) is 17.2 Å². The van der Waals surface area contributed by atoms with E-state index in [1.165, 1.54) is 12.3 Å². The molecule has 0 aliphatic carbocycles. The number of ether oxygens (including phenoxy) is 3. The van der Waals surface area contributed by atoms with Crippen molar-refractivity contribution in [2.45, 2.75) is 13.5 Å². The van der Waals surface area contributed by atoms with Crippen LogP contribution in [0.3, 0.4) is 0 Å². The minimum absolute atomic E-state index is 0.148. The Labute approximate surface area is 227 Å². The molecule has 2 N–H and O–H groups in total. The molecule has 0 unspecified atom stereocenters. The highest BCUT2D eigenvalue weighted by Gasteiger charge is 2.13. The second-order valence-electron chi connectivity index (χ2n) is 7.97. The zero-order chi connectivity index (χ0) is 26.9. The number of pyridine rings is 1. The minimum Gasteiger partial charge on any atom is -0.490 e. The lowest BCUT2D eigenvalue weighted by Crippen LogP contribution is -2.24. The molecule has 0 spiro atoms. The lowest BCUT2D eigenvalue weighted by Gasteiger charge is -2.15. The number of carbonyl (C=O) groups is 2. The molecule has 0 fully saturated rings. The van der Waals surface area contributed by atoms with E-state index in [0.717, 1.165) is 5.39 Å². The molecule has 3 aromatic carbocycles. The van der Waals surface area contributed by atoms with Crippen molar-refractivity contribution in [3.05, 3.63) is 94.1 Å². The number of para-hydroxylation sites is 1. The second-order valence-corrected chi connectivity index (χ2v) is 8.82. The number of fused-ring (bicyclic) bond motifs is 1. The van der Waals surface area contributed by atoms with E-state index in [0.29, 0.717) is 45.0 Å². The smallest absolute Gasteiger partial charge is 0.335 e. The van der Waals surface area contributed by atoms with Crippen LogP contribution in [0.5, 0.6) is 17.2 Å². The number of hydrogen-bond donors (Lipinski definition) is 2. The number of hydrazone groups is 1. The lowest BCUT2D eigenvalue weighted by molar-refractivity contribution is -0.123. The van der Waals surface area contributed by atoms with E-state index in [1.807, 2.05) is 31.2 Å². The van der Waals surface area contributed by atoms with E-state index in [2.05, 4.69) is 31.4 Å². The van der Waals surface area contributed by atoms with Gasteiger partial charge in [-0.15, -0.1) is 0 Å². The average Bonchev–Trinajstić information content (AvgIpc) is 2.91. The van der Waals surface area contributed by atoms with E-state index in [1.54, 1.807) is 42.6 Å². The van der Waals surface area contributed by atoms with Gasteiger partial charge in [0.2, 0.25) is 0 Å². The first-order valence-electron chi connectivity index (χ1n) is 11.6. The van der Waals surface area contributed by atoms with Gasteiger partial charge in [0.25, 0.3) is 5.91 Å². The number of carboxylic acids is 1. The number of benzene rings is 3. The number of aromatic nitrogens is 1. The number of halogens is 1. The summed E-state index contributed by atoms with van der Waals surface area (Å²) in [5, 5.41) is 14.1. The number of hydrogen-bond acceptors (Lipinski definition) is 7. The molecule has 4 rings (SSSR count). The van der Waals surface area contributed by atoms with E-state index in [4.69, 9.17) is 14.2 Å². The van der Waals surface area contributed by atoms with E-state index in [9.17, 15) is 14.7 Å². The Kier molecular flexibility index (Phi) is 8.89. The Balaban J connectivity index is 1.38. The van der Waals surface area contributed by atoms with Gasteiger partial charge >= 0.3 is 5.97 Å². The number of rotatable bonds is 11. The van der Waals surface area contributed by atoms with Gasteiger partial charge in [-0.3, -0.25) is 9.78 Å². The van der Waals surface area contributed by atoms with Crippen molar-refractivity contribution < 1.29 is 28.9 Å². The zero-order valence-electron chi connectivity index (χ0n) is 20.4. The molecule has 0 bridgehead atoms. The highest BCUT2D eigenvalue weighted by Crippen LogP contribution is 2.37. The SMILES string of the molecule is CCOc1cc(/C=N/NC(=O)COc2cccc3cccnc23)cc(Br)c1OCc1cccc(C(=O)O)c1. The Morgan fingerprint density at radius 3 is 2.66 bits per heavy atom. The summed E-state index contributed by atoms with van der Waals surface area (Å²) >= 11 is 3.50. The van der Waals surface area contributed by atoms with Gasteiger partial charge in [-0.25, -0.2) is 10.2 Å². The number of carboxylic acid groups (broad SMARTS) is 1. The third-order valence-corrected chi connectivity index (χ3v) is 5.84. The maximum Gasteiger partial charge on any atom is 0.335 e. The van der Waals surface area contributed by atoms with Crippen LogP contribution in [-0.4, -0.2) is 41.4 Å². The topological polar surface area (TPSA) is 119 Å². The molecule has 0 aliphatic rings. The Hall–Kier alpha value is -4.44. The van der Waals surface area contributed by atoms with Crippen LogP contribution >= 0.6 is 15.9 Å². The summed E-state index contributed by atoms with van der Waals surface area (Å²) in [6.07, 6.45) is 3.14. The second kappa shape index (κ2) is 12.7. The Morgan fingerprint density at radius 1 is 1.03 bits per heavy atom. The molecule has 4 aromatic rings. The van der Waals surface area contributed by atoms with Crippen LogP contribution in [0.1, 0.15) is 28.4 Å². The largest absolute Gasteiger partial charge is 0.490 e. The first kappa shape index (κ1) is 26.6. The number of nitrogens with zero attached hydrogens (tertiary/aromatic N) is 2. The lowest BCUT2D eigenvalue weighted by atomic mass is 10.1. The summed E-state index contributed by atoms with van der Waals surface area (Å²) in [5.74, 6) is 0.0113. The molecular formula is C28H24BrN3O6. The molecule has 0 radical (unpaired) electrons. The van der Waals surface area contributed by atoms with Crippen LogP contribution in [0, 0.1) is 0 Å². The first-order chi connectivity index (χ1) is 18.4. The summed E-state index contributed by atoms with van der Waals surface area (Å²) in [4.78, 5) is 27.8. The van der Waals surface area contributed by atoms with E-state index in [-0.39, 0.29) is 18.8 Å². The molecular weight excluding hydrogens is 554 g/mol. The molecule has 1 amide bonds. The minimum atomic E-state index is -1.00. The third-order valence-electron chi connectivity index (χ3n) is 5.25. The maximum absolute atomic E-state index is 12.3. The van der Waals surface area contributed by atoms with Crippen molar-refractivity contribution in [2.24, 2.45) is 5.10 Å². The Bertz CT molecular complexity index is 1490. The fraction of sp³-hybridized carbons (Fsp3) is 0.143. The van der Waals surface area contributed by atoms with E-state index < -0.39 is 11.9 Å². The van der Waals surface area contributed by atoms with Crippen LogP contribution in [0.15, 0.2) is 82.5 Å². The first-order valence-corrected chi connectivity index (χ1v) is 12.4. The van der Waals surface area contributed by atoms with Gasteiger partial charge in [-0.05, 0) is 70.4 Å². The van der Waals surface area contributed by atoms with Crippen molar-refractivity contribution in [3.63, 3.8) is 0 Å². The quantitative estimate of drug-likeness (QED) is 0.185. The van der Waals surface area contributed by atoms with Crippen LogP contribution in [-0.2, 0) is 11.4 Å². The molecule has 0 saturated heterocycles. The predicted octanol–water partition coefficient (Wildman–Crippen LogP) is 5.20. The van der Waals surface area contributed by atoms with Crippen LogP contribution in [0.2, 0.25) is 0 Å². The van der Waals surface area contributed by atoms with Crippen LogP contribution in [0.25, 0.3) is 10.9 Å². The fourth-order valence-electron chi connectivity index (χ4n) is 3.56. The van der Waals surface area contributed by atoms with Gasteiger partial charge in [-0.2, -0.15) is 5.10 Å². The molecule has 194 valence electrons. The summed E-state index contributed by atoms with van der Waals surface area (Å²) in [5.41, 5.74) is 4.66. The standard InChI is InChI=1S/C28H24BrN3O6/c1-2-36-24-14-19(13-22(29)27(24)38-16-18-6-3-8-21(12-18)28(34)35)15-31-32-25(33)17-37-23-10-4-7-20-9-5-11-30-26(20)23/h3-15H,2,16-17H2,1H3,(H,32,33)(H,34,35)/b31-15+. The van der Waals surface area contributed by atoms with Gasteiger partial charge in [0.1, 0.15) is 17.9 Å². The molecule has 1 heterocycles. The zero-order valence-corrected chi connectivity index (χ0v) is 22.0. The Morgan fingerprint density at radius 2 is 1.84 bits per heavy atom. The molecule has 1 aromatic heterocycles. The molecule has 0 saturated carbocycles. The number of amides is 1. The predicted molar refractivity (Wildman–Crippen MR) is 146 cm³/mol. The maximum atomic E-state index is 12.3. The van der Waals surface area contributed by atoms with Crippen molar-refractivity contribution in [1.29, 1.82) is 0 Å². The summed E-state index contributed by atoms with van der Waals surface area (Å²) in [7, 11) is 0. The van der Waals surface area contributed by atoms with Gasteiger partial charge in [0, 0.05) is 11.6 Å². The normalized spacial score (nSPS) is 10.9. The molecule has 0 atom stereocenters. The summed E-state index contributed by atoms with van der Waals surface area (Å²) < 4.78 is 17.9. The van der Waals surface area contributed by atoms with Gasteiger partial charge < -0.3 is 19.3 Å². The van der Waals surface area contributed by atoms with Gasteiger partial charge in [0.05, 0.1) is 22.9 Å². The highest BCUT2D eigenvalue weighted by atomic mass is 79.9. The molecule has 10 heteroatoms. The number of nitrogens with one attached hydrogen (secondary N) is 1.